The van der Waals surface area contributed by atoms with Gasteiger partial charge in [-0.2, -0.15) is 0 Å². The second kappa shape index (κ2) is 6.18. The van der Waals surface area contributed by atoms with Crippen molar-refractivity contribution in [1.29, 1.82) is 0 Å². The van der Waals surface area contributed by atoms with Crippen LogP contribution in [0.25, 0.3) is 0 Å². The van der Waals surface area contributed by atoms with E-state index in [1.807, 2.05) is 13.8 Å². The molecule has 1 aliphatic rings. The number of nitrogens with two attached hydrogens (primary N) is 1. The van der Waals surface area contributed by atoms with Gasteiger partial charge in [-0.05, 0) is 38.6 Å². The predicted molar refractivity (Wildman–Crippen MR) is 70.9 cm³/mol. The van der Waals surface area contributed by atoms with E-state index >= 15 is 0 Å². The largest absolute Gasteiger partial charge is 0.352 e. The lowest BCUT2D eigenvalue weighted by Crippen LogP contribution is -2.45. The predicted octanol–water partition coefficient (Wildman–Crippen LogP) is 0.489. The topological polar surface area (TPSA) is 75.4 Å². The van der Waals surface area contributed by atoms with Crippen LogP contribution in [0, 0.1) is 5.41 Å². The minimum atomic E-state index is -0.115. The molecule has 0 unspecified atom stereocenters. The molecule has 0 aromatic rings. The molecule has 0 bridgehead atoms. The van der Waals surface area contributed by atoms with Gasteiger partial charge >= 0.3 is 0 Å². The molecule has 2 amide bonds. The van der Waals surface area contributed by atoms with Crippen molar-refractivity contribution in [2.24, 2.45) is 11.1 Å². The lowest BCUT2D eigenvalue weighted by molar-refractivity contribution is -0.137. The van der Waals surface area contributed by atoms with Gasteiger partial charge < -0.3 is 16.0 Å². The van der Waals surface area contributed by atoms with Crippen molar-refractivity contribution < 1.29 is 9.59 Å². The third-order valence-electron chi connectivity index (χ3n) is 3.63. The van der Waals surface area contributed by atoms with Gasteiger partial charge in [-0.1, -0.05) is 6.42 Å². The molecule has 1 saturated carbocycles. The molecular weight excluding hydrogens is 230 g/mol. The van der Waals surface area contributed by atoms with E-state index in [0.29, 0.717) is 13.0 Å². The molecule has 0 atom stereocenters. The molecule has 1 fully saturated rings. The molecule has 1 rings (SSSR count). The number of rotatable bonds is 6. The van der Waals surface area contributed by atoms with Gasteiger partial charge in [0, 0.05) is 19.5 Å². The van der Waals surface area contributed by atoms with E-state index in [-0.39, 0.29) is 29.8 Å². The normalized spacial score (nSPS) is 17.2. The number of likely N-dealkylation sites (N-methyl/N-ethyl adjacent to an activating group) is 1. The van der Waals surface area contributed by atoms with Crippen molar-refractivity contribution in [3.8, 4) is 0 Å². The lowest BCUT2D eigenvalue weighted by Gasteiger charge is -2.41. The third kappa shape index (κ3) is 3.98. The van der Waals surface area contributed by atoms with Crippen molar-refractivity contribution in [2.75, 3.05) is 20.1 Å². The Morgan fingerprint density at radius 1 is 1.39 bits per heavy atom. The maximum atomic E-state index is 12.0. The van der Waals surface area contributed by atoms with Gasteiger partial charge in [-0.25, -0.2) is 0 Å². The molecule has 0 radical (unpaired) electrons. The molecule has 5 nitrogen and oxygen atoms in total. The number of carbonyl (C=O) groups excluding carboxylic acids is 2. The number of nitrogens with zero attached hydrogens (tertiary/aromatic N) is 1. The fourth-order valence-corrected chi connectivity index (χ4v) is 2.26. The smallest absolute Gasteiger partial charge is 0.239 e. The highest BCUT2D eigenvalue weighted by atomic mass is 16.2. The molecule has 5 heteroatoms. The van der Waals surface area contributed by atoms with E-state index < -0.39 is 0 Å². The molecule has 0 aromatic carbocycles. The van der Waals surface area contributed by atoms with Crippen LogP contribution >= 0.6 is 0 Å². The van der Waals surface area contributed by atoms with E-state index in [9.17, 15) is 9.59 Å². The van der Waals surface area contributed by atoms with Crippen LogP contribution in [0.5, 0.6) is 0 Å². The highest BCUT2D eigenvalue weighted by Crippen LogP contribution is 2.43. The Bertz CT molecular complexity index is 306. The number of nitrogens with one attached hydrogen (secondary N) is 1. The summed E-state index contributed by atoms with van der Waals surface area (Å²) in [4.78, 5) is 25.1. The SMILES string of the molecule is CC(C)NC(=O)CN(C)C(=O)CC1(CN)CCC1. The Morgan fingerprint density at radius 3 is 2.39 bits per heavy atom. The zero-order chi connectivity index (χ0) is 13.8. The highest BCUT2D eigenvalue weighted by Gasteiger charge is 2.38. The zero-order valence-corrected chi connectivity index (χ0v) is 11.7. The van der Waals surface area contributed by atoms with Crippen LogP contribution in [-0.2, 0) is 9.59 Å². The molecule has 18 heavy (non-hydrogen) atoms. The summed E-state index contributed by atoms with van der Waals surface area (Å²) in [6, 6.07) is 0.100. The fourth-order valence-electron chi connectivity index (χ4n) is 2.26. The van der Waals surface area contributed by atoms with Crippen LogP contribution in [-0.4, -0.2) is 42.9 Å². The molecule has 0 heterocycles. The average Bonchev–Trinajstić information content (AvgIpc) is 2.21. The first-order valence-corrected chi connectivity index (χ1v) is 6.62. The average molecular weight is 255 g/mol. The van der Waals surface area contributed by atoms with Crippen molar-refractivity contribution in [3.05, 3.63) is 0 Å². The van der Waals surface area contributed by atoms with Gasteiger partial charge in [0.25, 0.3) is 0 Å². The molecule has 1 aliphatic carbocycles. The van der Waals surface area contributed by atoms with Crippen molar-refractivity contribution >= 4 is 11.8 Å². The quantitative estimate of drug-likeness (QED) is 0.725. The van der Waals surface area contributed by atoms with Crippen LogP contribution < -0.4 is 11.1 Å². The number of amides is 2. The summed E-state index contributed by atoms with van der Waals surface area (Å²) in [5.74, 6) is -0.102. The Balaban J connectivity index is 2.39. The minimum Gasteiger partial charge on any atom is -0.352 e. The summed E-state index contributed by atoms with van der Waals surface area (Å²) >= 11 is 0. The maximum Gasteiger partial charge on any atom is 0.239 e. The molecule has 0 aliphatic heterocycles. The van der Waals surface area contributed by atoms with E-state index in [4.69, 9.17) is 5.73 Å². The third-order valence-corrected chi connectivity index (χ3v) is 3.63. The highest BCUT2D eigenvalue weighted by molar-refractivity contribution is 5.85. The first kappa shape index (κ1) is 15.0. The van der Waals surface area contributed by atoms with E-state index in [1.54, 1.807) is 7.05 Å². The number of carbonyl (C=O) groups is 2. The van der Waals surface area contributed by atoms with Gasteiger partial charge in [-0.3, -0.25) is 9.59 Å². The summed E-state index contributed by atoms with van der Waals surface area (Å²) in [5.41, 5.74) is 5.73. The number of hydrogen-bond acceptors (Lipinski definition) is 3. The second-order valence-corrected chi connectivity index (χ2v) is 5.71. The van der Waals surface area contributed by atoms with Gasteiger partial charge in [0.1, 0.15) is 0 Å². The zero-order valence-electron chi connectivity index (χ0n) is 11.7. The van der Waals surface area contributed by atoms with E-state index in [1.165, 1.54) is 4.90 Å². The fraction of sp³-hybridized carbons (Fsp3) is 0.846. The van der Waals surface area contributed by atoms with Gasteiger partial charge in [0.2, 0.25) is 11.8 Å². The van der Waals surface area contributed by atoms with Crippen LogP contribution in [0.1, 0.15) is 39.5 Å². The molecule has 0 spiro atoms. The van der Waals surface area contributed by atoms with Crippen molar-refractivity contribution in [2.45, 2.75) is 45.6 Å². The minimum absolute atomic E-state index is 0.000131. The molecule has 104 valence electrons. The number of hydrogen-bond donors (Lipinski definition) is 2. The Morgan fingerprint density at radius 2 is 2.00 bits per heavy atom. The first-order valence-electron chi connectivity index (χ1n) is 6.62. The lowest BCUT2D eigenvalue weighted by atomic mass is 9.66. The van der Waals surface area contributed by atoms with Crippen LogP contribution in [0.2, 0.25) is 0 Å². The summed E-state index contributed by atoms with van der Waals surface area (Å²) in [6.07, 6.45) is 3.68. The van der Waals surface area contributed by atoms with Gasteiger partial charge in [0.05, 0.1) is 6.54 Å². The Hall–Kier alpha value is -1.10. The van der Waals surface area contributed by atoms with Crippen molar-refractivity contribution in [3.63, 3.8) is 0 Å². The van der Waals surface area contributed by atoms with Gasteiger partial charge in [-0.15, -0.1) is 0 Å². The summed E-state index contributed by atoms with van der Waals surface area (Å²) in [6.45, 7) is 4.48. The summed E-state index contributed by atoms with van der Waals surface area (Å²) < 4.78 is 0. The molecule has 0 aromatic heterocycles. The maximum absolute atomic E-state index is 12.0. The van der Waals surface area contributed by atoms with Crippen LogP contribution in [0.15, 0.2) is 0 Å². The standard InChI is InChI=1S/C13H25N3O2/c1-10(2)15-11(17)8-16(3)12(18)7-13(9-14)5-4-6-13/h10H,4-9,14H2,1-3H3,(H,15,17). The molecule has 0 saturated heterocycles. The van der Waals surface area contributed by atoms with Crippen LogP contribution in [0.3, 0.4) is 0 Å². The van der Waals surface area contributed by atoms with Crippen LogP contribution in [0.4, 0.5) is 0 Å². The Labute approximate surface area is 109 Å². The van der Waals surface area contributed by atoms with Crippen molar-refractivity contribution in [1.82, 2.24) is 10.2 Å². The molecule has 3 N–H and O–H groups in total. The molecular formula is C13H25N3O2. The van der Waals surface area contributed by atoms with E-state index in [0.717, 1.165) is 19.3 Å². The summed E-state index contributed by atoms with van der Waals surface area (Å²) in [7, 11) is 1.67. The first-order chi connectivity index (χ1) is 8.38. The monoisotopic (exact) mass is 255 g/mol. The van der Waals surface area contributed by atoms with Gasteiger partial charge in [0.15, 0.2) is 0 Å². The summed E-state index contributed by atoms with van der Waals surface area (Å²) in [5, 5.41) is 2.78. The second-order valence-electron chi connectivity index (χ2n) is 5.71. The Kier molecular flexibility index (Phi) is 5.14. The van der Waals surface area contributed by atoms with E-state index in [2.05, 4.69) is 5.32 Å².